The Morgan fingerprint density at radius 3 is 2.78 bits per heavy atom. The Morgan fingerprint density at radius 1 is 1.19 bits per heavy atom. The number of pyridine rings is 1. The van der Waals surface area contributed by atoms with Crippen LogP contribution >= 0.6 is 0 Å². The van der Waals surface area contributed by atoms with Crippen molar-refractivity contribution in [3.63, 3.8) is 0 Å². The maximum absolute atomic E-state index is 12.8. The van der Waals surface area contributed by atoms with E-state index in [-0.39, 0.29) is 11.8 Å². The molecule has 0 fully saturated rings. The summed E-state index contributed by atoms with van der Waals surface area (Å²) in [5.74, 6) is 0.436. The van der Waals surface area contributed by atoms with E-state index < -0.39 is 0 Å². The molecule has 0 saturated carbocycles. The molecule has 32 heavy (non-hydrogen) atoms. The van der Waals surface area contributed by atoms with Gasteiger partial charge in [0, 0.05) is 38.0 Å². The van der Waals surface area contributed by atoms with Crippen LogP contribution in [0.1, 0.15) is 27.8 Å². The zero-order valence-corrected chi connectivity index (χ0v) is 19.0. The first kappa shape index (κ1) is 21.7. The molecule has 2 amide bonds. The highest BCUT2D eigenvalue weighted by atomic mass is 16.2. The molecule has 1 aliphatic heterocycles. The van der Waals surface area contributed by atoms with E-state index in [2.05, 4.69) is 54.5 Å². The van der Waals surface area contributed by atoms with E-state index >= 15 is 0 Å². The lowest BCUT2D eigenvalue weighted by Gasteiger charge is -2.18. The Balaban J connectivity index is 1.50. The molecule has 0 bridgehead atoms. The second-order valence-electron chi connectivity index (χ2n) is 8.56. The monoisotopic (exact) mass is 428 g/mol. The van der Waals surface area contributed by atoms with Gasteiger partial charge >= 0.3 is 0 Å². The summed E-state index contributed by atoms with van der Waals surface area (Å²) >= 11 is 0. The van der Waals surface area contributed by atoms with Crippen molar-refractivity contribution in [2.45, 2.75) is 26.9 Å². The van der Waals surface area contributed by atoms with Gasteiger partial charge in [0.25, 0.3) is 0 Å². The van der Waals surface area contributed by atoms with Crippen molar-refractivity contribution in [2.24, 2.45) is 0 Å². The number of rotatable bonds is 4. The first-order chi connectivity index (χ1) is 15.3. The molecule has 0 atom stereocenters. The number of benzene rings is 2. The largest absolute Gasteiger partial charge is 0.338 e. The fraction of sp³-hybridized carbons (Fsp3) is 0.269. The van der Waals surface area contributed by atoms with Gasteiger partial charge in [-0.3, -0.25) is 14.5 Å². The fourth-order valence-corrected chi connectivity index (χ4v) is 4.24. The predicted octanol–water partition coefficient (Wildman–Crippen LogP) is 3.91. The molecule has 164 valence electrons. The first-order valence-corrected chi connectivity index (χ1v) is 10.7. The lowest BCUT2D eigenvalue weighted by Crippen LogP contribution is -2.26. The van der Waals surface area contributed by atoms with Crippen LogP contribution in [0.15, 0.2) is 48.7 Å². The molecule has 6 heteroatoms. The number of hydrogen-bond donors (Lipinski definition) is 1. The SMILES string of the molecule is Cc1cccc2c(CN(C)C(=O)C=Cc3cnc4c(c3)CN(C)CC(=O)N4)ccc(C)c12. The van der Waals surface area contributed by atoms with Gasteiger partial charge in [-0.2, -0.15) is 0 Å². The predicted molar refractivity (Wildman–Crippen MR) is 128 cm³/mol. The molecule has 6 nitrogen and oxygen atoms in total. The smallest absolute Gasteiger partial charge is 0.246 e. The van der Waals surface area contributed by atoms with Crippen LogP contribution in [-0.2, 0) is 22.7 Å². The van der Waals surface area contributed by atoms with Crippen molar-refractivity contribution >= 4 is 34.5 Å². The maximum Gasteiger partial charge on any atom is 0.246 e. The second kappa shape index (κ2) is 8.93. The van der Waals surface area contributed by atoms with E-state index in [9.17, 15) is 9.59 Å². The number of hydrogen-bond acceptors (Lipinski definition) is 4. The quantitative estimate of drug-likeness (QED) is 0.640. The third kappa shape index (κ3) is 4.55. The Bertz CT molecular complexity index is 1220. The minimum atomic E-state index is -0.0771. The number of aryl methyl sites for hydroxylation is 2. The molecule has 0 radical (unpaired) electrons. The summed E-state index contributed by atoms with van der Waals surface area (Å²) in [6.45, 7) is 5.72. The third-order valence-corrected chi connectivity index (χ3v) is 5.85. The van der Waals surface area contributed by atoms with E-state index in [0.29, 0.717) is 25.5 Å². The van der Waals surface area contributed by atoms with Gasteiger partial charge in [-0.1, -0.05) is 30.3 Å². The summed E-state index contributed by atoms with van der Waals surface area (Å²) in [4.78, 5) is 32.6. The number of nitrogens with one attached hydrogen (secondary N) is 1. The van der Waals surface area contributed by atoms with Crippen molar-refractivity contribution in [2.75, 3.05) is 26.0 Å². The zero-order valence-electron chi connectivity index (χ0n) is 19.0. The number of aromatic nitrogens is 1. The number of carbonyl (C=O) groups is 2. The molecule has 0 saturated heterocycles. The summed E-state index contributed by atoms with van der Waals surface area (Å²) in [5, 5.41) is 5.27. The van der Waals surface area contributed by atoms with Gasteiger partial charge in [0.1, 0.15) is 5.82 Å². The van der Waals surface area contributed by atoms with Gasteiger partial charge in [0.2, 0.25) is 11.8 Å². The summed E-state index contributed by atoms with van der Waals surface area (Å²) < 4.78 is 0. The van der Waals surface area contributed by atoms with Crippen molar-refractivity contribution in [3.8, 4) is 0 Å². The lowest BCUT2D eigenvalue weighted by atomic mass is 9.96. The van der Waals surface area contributed by atoms with Gasteiger partial charge in [0.05, 0.1) is 6.54 Å². The van der Waals surface area contributed by atoms with E-state index in [1.807, 2.05) is 25.1 Å². The minimum absolute atomic E-state index is 0.0716. The van der Waals surface area contributed by atoms with E-state index in [0.717, 1.165) is 16.7 Å². The first-order valence-electron chi connectivity index (χ1n) is 10.7. The minimum Gasteiger partial charge on any atom is -0.338 e. The molecule has 1 aliphatic rings. The van der Waals surface area contributed by atoms with Crippen LogP contribution in [0.25, 0.3) is 16.8 Å². The van der Waals surface area contributed by atoms with Gasteiger partial charge in [-0.15, -0.1) is 0 Å². The van der Waals surface area contributed by atoms with Gasteiger partial charge < -0.3 is 10.2 Å². The number of nitrogens with zero attached hydrogens (tertiary/aromatic N) is 3. The normalized spacial score (nSPS) is 14.3. The number of anilines is 1. The molecule has 1 N–H and O–H groups in total. The molecule has 0 unspecified atom stereocenters. The van der Waals surface area contributed by atoms with Crippen LogP contribution in [-0.4, -0.2) is 47.2 Å². The van der Waals surface area contributed by atoms with Crippen molar-refractivity contribution in [1.82, 2.24) is 14.8 Å². The van der Waals surface area contributed by atoms with Gasteiger partial charge in [-0.05, 0) is 66.1 Å². The number of carbonyl (C=O) groups excluding carboxylic acids is 2. The van der Waals surface area contributed by atoms with Crippen molar-refractivity contribution < 1.29 is 9.59 Å². The molecule has 2 aromatic carbocycles. The second-order valence-corrected chi connectivity index (χ2v) is 8.56. The molecule has 0 spiro atoms. The summed E-state index contributed by atoms with van der Waals surface area (Å²) in [6, 6.07) is 12.5. The van der Waals surface area contributed by atoms with Crippen molar-refractivity contribution in [3.05, 3.63) is 76.5 Å². The third-order valence-electron chi connectivity index (χ3n) is 5.85. The molecular formula is C26H28N4O2. The topological polar surface area (TPSA) is 65.5 Å². The number of likely N-dealkylation sites (N-methyl/N-ethyl adjacent to an activating group) is 2. The van der Waals surface area contributed by atoms with E-state index in [1.165, 1.54) is 21.9 Å². The van der Waals surface area contributed by atoms with Crippen LogP contribution in [0.2, 0.25) is 0 Å². The number of fused-ring (bicyclic) bond motifs is 2. The molecule has 1 aromatic heterocycles. The molecular weight excluding hydrogens is 400 g/mol. The summed E-state index contributed by atoms with van der Waals surface area (Å²) in [7, 11) is 3.71. The van der Waals surface area contributed by atoms with Crippen molar-refractivity contribution in [1.29, 1.82) is 0 Å². The lowest BCUT2D eigenvalue weighted by molar-refractivity contribution is -0.125. The Hall–Kier alpha value is -3.51. The maximum atomic E-state index is 12.8. The molecule has 3 aromatic rings. The van der Waals surface area contributed by atoms with Gasteiger partial charge in [-0.25, -0.2) is 4.98 Å². The average Bonchev–Trinajstić information content (AvgIpc) is 2.89. The van der Waals surface area contributed by atoms with E-state index in [1.54, 1.807) is 23.2 Å². The Kier molecular flexibility index (Phi) is 6.06. The molecule has 4 rings (SSSR count). The Labute approximate surface area is 188 Å². The highest BCUT2D eigenvalue weighted by Gasteiger charge is 2.17. The van der Waals surface area contributed by atoms with Crippen LogP contribution in [0, 0.1) is 13.8 Å². The highest BCUT2D eigenvalue weighted by molar-refractivity contribution is 5.94. The highest BCUT2D eigenvalue weighted by Crippen LogP contribution is 2.26. The fourth-order valence-electron chi connectivity index (χ4n) is 4.24. The van der Waals surface area contributed by atoms with Gasteiger partial charge in [0.15, 0.2) is 0 Å². The zero-order chi connectivity index (χ0) is 22.8. The number of amides is 2. The van der Waals surface area contributed by atoms with Crippen LogP contribution in [0.3, 0.4) is 0 Å². The average molecular weight is 429 g/mol. The standard InChI is InChI=1S/C26H28N4O2/c1-17-6-5-7-22-20(10-8-18(2)25(17)22)15-30(4)24(32)11-9-19-12-21-14-29(3)16-23(31)28-26(21)27-13-19/h5-13H,14-16H2,1-4H3,(H,27,28,31). The van der Waals surface area contributed by atoms with Crippen LogP contribution < -0.4 is 5.32 Å². The van der Waals surface area contributed by atoms with Crippen LogP contribution in [0.4, 0.5) is 5.82 Å². The molecule has 0 aliphatic carbocycles. The Morgan fingerprint density at radius 2 is 1.97 bits per heavy atom. The summed E-state index contributed by atoms with van der Waals surface area (Å²) in [6.07, 6.45) is 5.02. The summed E-state index contributed by atoms with van der Waals surface area (Å²) in [5.41, 5.74) is 5.37. The molecule has 2 heterocycles. The van der Waals surface area contributed by atoms with E-state index in [4.69, 9.17) is 0 Å². The van der Waals surface area contributed by atoms with Crippen LogP contribution in [0.5, 0.6) is 0 Å².